The fourth-order valence-electron chi connectivity index (χ4n) is 5.11. The van der Waals surface area contributed by atoms with E-state index in [9.17, 15) is 0 Å². The average molecular weight is 711 g/mol. The predicted molar refractivity (Wildman–Crippen MR) is 187 cm³/mol. The second kappa shape index (κ2) is 11.0. The highest BCUT2D eigenvalue weighted by Crippen LogP contribution is 2.63. The third kappa shape index (κ3) is 5.04. The van der Waals surface area contributed by atoms with Gasteiger partial charge in [-0.25, -0.2) is 0 Å². The standard InChI is InChI=1S/C30H30O4S8/c1-29(2)11-31-15-9-39-19(17(15)33-13-29)25-21-23(37-7-5-35-21)27(41-25)28-24-22(36-6-8-38-24)26(42-28)20-18-16(10-40-20)32-12-30(3,4)14-34-18/h9-10H,5-8,11-14H2,1-4H3. The molecule has 12 heteroatoms. The lowest BCUT2D eigenvalue weighted by atomic mass is 9.97. The van der Waals surface area contributed by atoms with Gasteiger partial charge >= 0.3 is 0 Å². The number of hydrogen-bond acceptors (Lipinski definition) is 12. The summed E-state index contributed by atoms with van der Waals surface area (Å²) in [6.45, 7) is 11.5. The molecule has 0 aliphatic carbocycles. The van der Waals surface area contributed by atoms with Gasteiger partial charge in [-0.05, 0) is 0 Å². The molecule has 0 unspecified atom stereocenters. The smallest absolute Gasteiger partial charge is 0.180 e. The Balaban J connectivity index is 1.25. The fraction of sp³-hybridized carbons (Fsp3) is 0.467. The normalized spacial score (nSPS) is 20.4. The van der Waals surface area contributed by atoms with Crippen molar-refractivity contribution in [1.82, 2.24) is 0 Å². The predicted octanol–water partition coefficient (Wildman–Crippen LogP) is 10.9. The average Bonchev–Trinajstić information content (AvgIpc) is 3.71. The molecule has 0 saturated carbocycles. The lowest BCUT2D eigenvalue weighted by molar-refractivity contribution is 0.140. The zero-order chi connectivity index (χ0) is 28.6. The molecule has 0 amide bonds. The van der Waals surface area contributed by atoms with Crippen LogP contribution in [0.2, 0.25) is 0 Å². The molecule has 4 aromatic heterocycles. The Morgan fingerprint density at radius 3 is 1.19 bits per heavy atom. The van der Waals surface area contributed by atoms with Crippen LogP contribution in [0.15, 0.2) is 30.3 Å². The van der Waals surface area contributed by atoms with Crippen LogP contribution in [0.1, 0.15) is 27.7 Å². The van der Waals surface area contributed by atoms with Crippen LogP contribution in [0.4, 0.5) is 0 Å². The van der Waals surface area contributed by atoms with E-state index in [4.69, 9.17) is 18.9 Å². The lowest BCUT2D eigenvalue weighted by Crippen LogP contribution is -2.26. The summed E-state index contributed by atoms with van der Waals surface area (Å²) in [5, 5.41) is 4.28. The summed E-state index contributed by atoms with van der Waals surface area (Å²) in [5.74, 6) is 8.18. The van der Waals surface area contributed by atoms with Crippen molar-refractivity contribution < 1.29 is 18.9 Å². The van der Waals surface area contributed by atoms with Crippen molar-refractivity contribution in [1.29, 1.82) is 0 Å². The molecule has 8 rings (SSSR count). The molecule has 0 atom stereocenters. The van der Waals surface area contributed by atoms with Crippen LogP contribution >= 0.6 is 92.4 Å². The quantitative estimate of drug-likeness (QED) is 0.208. The zero-order valence-electron chi connectivity index (χ0n) is 23.7. The maximum atomic E-state index is 6.46. The van der Waals surface area contributed by atoms with Crippen molar-refractivity contribution >= 4 is 92.4 Å². The van der Waals surface area contributed by atoms with E-state index in [2.05, 4.69) is 38.5 Å². The van der Waals surface area contributed by atoms with Crippen LogP contribution in [0.5, 0.6) is 23.0 Å². The molecule has 0 spiro atoms. The van der Waals surface area contributed by atoms with Crippen LogP contribution < -0.4 is 18.9 Å². The van der Waals surface area contributed by atoms with Gasteiger partial charge in [0, 0.05) is 64.2 Å². The number of rotatable bonds is 3. The SMILES string of the molecule is CC1(C)COc2csc(-c3sc(-c4sc(-c5scc6c5OCC(C)(C)CO6)c5c4SCCS5)c4c3SCCS4)c2OC1. The van der Waals surface area contributed by atoms with Gasteiger partial charge in [0.2, 0.25) is 0 Å². The summed E-state index contributed by atoms with van der Waals surface area (Å²) < 4.78 is 25.4. The maximum absolute atomic E-state index is 6.46. The minimum absolute atomic E-state index is 0.00950. The summed E-state index contributed by atoms with van der Waals surface area (Å²) >= 11 is 15.5. The molecule has 0 bridgehead atoms. The van der Waals surface area contributed by atoms with Crippen molar-refractivity contribution in [3.05, 3.63) is 10.8 Å². The van der Waals surface area contributed by atoms with Crippen LogP contribution in [-0.2, 0) is 0 Å². The van der Waals surface area contributed by atoms with Gasteiger partial charge < -0.3 is 18.9 Å². The van der Waals surface area contributed by atoms with Gasteiger partial charge in [-0.2, -0.15) is 0 Å². The molecule has 0 aromatic carbocycles. The van der Waals surface area contributed by atoms with Crippen LogP contribution in [-0.4, -0.2) is 49.4 Å². The molecule has 0 saturated heterocycles. The molecular formula is C30H30O4S8. The second-order valence-corrected chi connectivity index (χ2v) is 20.5. The van der Waals surface area contributed by atoms with Gasteiger partial charge in [-0.15, -0.1) is 92.4 Å². The molecule has 0 N–H and O–H groups in total. The fourth-order valence-corrected chi connectivity index (χ4v) is 16.0. The highest BCUT2D eigenvalue weighted by molar-refractivity contribution is 8.06. The number of thioether (sulfide) groups is 4. The number of fused-ring (bicyclic) bond motifs is 4. The summed E-state index contributed by atoms with van der Waals surface area (Å²) in [7, 11) is 0. The number of thiophene rings is 4. The first kappa shape index (κ1) is 28.8. The Kier molecular flexibility index (Phi) is 7.58. The second-order valence-electron chi connectivity index (χ2n) is 12.2. The first-order chi connectivity index (χ1) is 20.3. The van der Waals surface area contributed by atoms with E-state index < -0.39 is 0 Å². The summed E-state index contributed by atoms with van der Waals surface area (Å²) in [6.07, 6.45) is 0. The Hall–Kier alpha value is -0.600. The van der Waals surface area contributed by atoms with Gasteiger partial charge in [0.15, 0.2) is 23.0 Å². The topological polar surface area (TPSA) is 36.9 Å². The van der Waals surface area contributed by atoms with E-state index in [1.807, 2.05) is 69.7 Å². The molecule has 4 aromatic rings. The van der Waals surface area contributed by atoms with Crippen molar-refractivity contribution in [3.63, 3.8) is 0 Å². The molecule has 222 valence electrons. The largest absolute Gasteiger partial charge is 0.488 e. The third-order valence-corrected chi connectivity index (χ3v) is 17.8. The Morgan fingerprint density at radius 1 is 0.476 bits per heavy atom. The Morgan fingerprint density at radius 2 is 0.810 bits per heavy atom. The van der Waals surface area contributed by atoms with Crippen molar-refractivity contribution in [2.45, 2.75) is 47.3 Å². The van der Waals surface area contributed by atoms with Gasteiger partial charge in [-0.3, -0.25) is 0 Å². The highest BCUT2D eigenvalue weighted by atomic mass is 32.2. The zero-order valence-corrected chi connectivity index (χ0v) is 30.2. The van der Waals surface area contributed by atoms with E-state index in [1.165, 1.54) is 48.8 Å². The minimum Gasteiger partial charge on any atom is -0.488 e. The Labute approximate surface area is 279 Å². The number of hydrogen-bond donors (Lipinski definition) is 0. The molecule has 4 aliphatic heterocycles. The molecular weight excluding hydrogens is 681 g/mol. The lowest BCUT2D eigenvalue weighted by Gasteiger charge is -2.20. The van der Waals surface area contributed by atoms with E-state index in [-0.39, 0.29) is 10.8 Å². The first-order valence-corrected chi connectivity index (χ1v) is 21.2. The van der Waals surface area contributed by atoms with Crippen LogP contribution in [0.25, 0.3) is 29.3 Å². The summed E-state index contributed by atoms with van der Waals surface area (Å²) in [6, 6.07) is 0. The van der Waals surface area contributed by atoms with Crippen LogP contribution in [0.3, 0.4) is 0 Å². The van der Waals surface area contributed by atoms with Gasteiger partial charge in [-0.1, -0.05) is 27.7 Å². The molecule has 4 nitrogen and oxygen atoms in total. The van der Waals surface area contributed by atoms with E-state index >= 15 is 0 Å². The molecule has 0 radical (unpaired) electrons. The van der Waals surface area contributed by atoms with E-state index in [0.717, 1.165) is 46.0 Å². The van der Waals surface area contributed by atoms with Gasteiger partial charge in [0.05, 0.1) is 55.7 Å². The molecule has 4 aliphatic rings. The Bertz CT molecular complexity index is 1550. The van der Waals surface area contributed by atoms with E-state index in [0.29, 0.717) is 26.4 Å². The first-order valence-electron chi connectivity index (χ1n) is 13.9. The highest BCUT2D eigenvalue weighted by Gasteiger charge is 2.36. The van der Waals surface area contributed by atoms with Gasteiger partial charge in [0.1, 0.15) is 0 Å². The summed E-state index contributed by atoms with van der Waals surface area (Å²) in [4.78, 5) is 13.7. The minimum atomic E-state index is -0.00950. The summed E-state index contributed by atoms with van der Waals surface area (Å²) in [5.41, 5.74) is -0.0190. The van der Waals surface area contributed by atoms with E-state index in [1.54, 1.807) is 22.7 Å². The molecule has 8 heterocycles. The maximum Gasteiger partial charge on any atom is 0.180 e. The third-order valence-electron chi connectivity index (χ3n) is 7.30. The number of ether oxygens (including phenoxy) is 4. The molecule has 0 fully saturated rings. The van der Waals surface area contributed by atoms with Gasteiger partial charge in [0.25, 0.3) is 0 Å². The monoisotopic (exact) mass is 710 g/mol. The van der Waals surface area contributed by atoms with Crippen LogP contribution in [0, 0.1) is 10.8 Å². The van der Waals surface area contributed by atoms with Crippen molar-refractivity contribution in [2.75, 3.05) is 49.4 Å². The van der Waals surface area contributed by atoms with Crippen molar-refractivity contribution in [2.24, 2.45) is 10.8 Å². The van der Waals surface area contributed by atoms with Crippen molar-refractivity contribution in [3.8, 4) is 52.3 Å². The molecule has 42 heavy (non-hydrogen) atoms.